The molecule has 0 bridgehead atoms. The second-order valence-electron chi connectivity index (χ2n) is 9.22. The maximum absolute atomic E-state index is 6.15. The Kier molecular flexibility index (Phi) is 6.52. The van der Waals surface area contributed by atoms with Gasteiger partial charge in [-0.1, -0.05) is 71.9 Å². The van der Waals surface area contributed by atoms with Gasteiger partial charge >= 0.3 is 0 Å². The molecule has 0 aromatic heterocycles. The zero-order chi connectivity index (χ0) is 20.4. The lowest BCUT2D eigenvalue weighted by atomic mass is 9.78. The molecule has 0 N–H and O–H groups in total. The molecule has 1 nitrogen and oxygen atoms in total. The third-order valence-corrected chi connectivity index (χ3v) is 5.16. The molecule has 0 aliphatic rings. The molecule has 0 saturated heterocycles. The van der Waals surface area contributed by atoms with Gasteiger partial charge in [0.1, 0.15) is 5.75 Å². The van der Waals surface area contributed by atoms with Gasteiger partial charge in [-0.3, -0.25) is 0 Å². The number of ether oxygens (including phenoxy) is 1. The molecule has 2 rings (SSSR count). The zero-order valence-corrected chi connectivity index (χ0v) is 19.0. The number of thiol groups is 1. The van der Waals surface area contributed by atoms with Gasteiger partial charge in [-0.2, -0.15) is 0 Å². The Morgan fingerprint density at radius 2 is 1.63 bits per heavy atom. The second-order valence-corrected chi connectivity index (χ2v) is 9.70. The van der Waals surface area contributed by atoms with Crippen molar-refractivity contribution in [2.75, 3.05) is 6.61 Å². The molecule has 0 amide bonds. The SMILES string of the molecule is CCOc1c(/C=C(\S)c2ccccc2C)cc(C(C)(C)C)cc1C(C)(C)C. The lowest BCUT2D eigenvalue weighted by Gasteiger charge is -2.29. The lowest BCUT2D eigenvalue weighted by Crippen LogP contribution is -2.18. The first-order valence-electron chi connectivity index (χ1n) is 9.73. The number of rotatable bonds is 4. The average Bonchev–Trinajstić information content (AvgIpc) is 2.54. The topological polar surface area (TPSA) is 9.23 Å². The first kappa shape index (κ1) is 21.6. The molecule has 0 atom stereocenters. The van der Waals surface area contributed by atoms with Crippen molar-refractivity contribution in [2.45, 2.75) is 66.2 Å². The molecule has 0 radical (unpaired) electrons. The zero-order valence-electron chi connectivity index (χ0n) is 18.1. The van der Waals surface area contributed by atoms with Crippen LogP contribution in [-0.4, -0.2) is 6.61 Å². The van der Waals surface area contributed by atoms with Gasteiger partial charge in [-0.25, -0.2) is 0 Å². The summed E-state index contributed by atoms with van der Waals surface area (Å²) in [6, 6.07) is 12.9. The maximum atomic E-state index is 6.15. The molecule has 2 aromatic rings. The van der Waals surface area contributed by atoms with Crippen LogP contribution < -0.4 is 4.74 Å². The molecule has 0 fully saturated rings. The first-order chi connectivity index (χ1) is 12.4. The van der Waals surface area contributed by atoms with E-state index in [1.807, 2.05) is 6.92 Å². The minimum absolute atomic E-state index is 0.00617. The Balaban J connectivity index is 2.76. The summed E-state index contributed by atoms with van der Waals surface area (Å²) in [5.41, 5.74) is 6.09. The maximum Gasteiger partial charge on any atom is 0.130 e. The van der Waals surface area contributed by atoms with Crippen LogP contribution in [0.5, 0.6) is 5.75 Å². The Bertz CT molecular complexity index is 832. The van der Waals surface area contributed by atoms with E-state index in [1.165, 1.54) is 16.7 Å². The van der Waals surface area contributed by atoms with Crippen LogP contribution in [0.1, 0.15) is 76.3 Å². The van der Waals surface area contributed by atoms with Crippen LogP contribution in [0.15, 0.2) is 36.4 Å². The summed E-state index contributed by atoms with van der Waals surface area (Å²) in [5, 5.41) is 0. The smallest absolute Gasteiger partial charge is 0.130 e. The van der Waals surface area contributed by atoms with Gasteiger partial charge in [0, 0.05) is 16.0 Å². The Hall–Kier alpha value is -1.67. The van der Waals surface area contributed by atoms with Crippen LogP contribution in [-0.2, 0) is 10.8 Å². The molecule has 146 valence electrons. The van der Waals surface area contributed by atoms with E-state index in [2.05, 4.69) is 90.9 Å². The quantitative estimate of drug-likeness (QED) is 0.427. The summed E-state index contributed by atoms with van der Waals surface area (Å²) < 4.78 is 6.15. The Morgan fingerprint density at radius 3 is 2.15 bits per heavy atom. The van der Waals surface area contributed by atoms with Crippen LogP contribution >= 0.6 is 12.6 Å². The third-order valence-electron chi connectivity index (χ3n) is 4.79. The molecular weight excluding hydrogens is 348 g/mol. The molecule has 0 unspecified atom stereocenters. The van der Waals surface area contributed by atoms with Crippen LogP contribution in [0.3, 0.4) is 0 Å². The largest absolute Gasteiger partial charge is 0.493 e. The van der Waals surface area contributed by atoms with Crippen LogP contribution in [0.25, 0.3) is 11.0 Å². The fourth-order valence-electron chi connectivity index (χ4n) is 3.14. The fourth-order valence-corrected chi connectivity index (χ4v) is 3.53. The predicted octanol–water partition coefficient (Wildman–Crippen LogP) is 7.42. The van der Waals surface area contributed by atoms with Gasteiger partial charge in [-0.05, 0) is 53.5 Å². The van der Waals surface area contributed by atoms with Crippen molar-refractivity contribution in [2.24, 2.45) is 0 Å². The van der Waals surface area contributed by atoms with Crippen molar-refractivity contribution in [3.8, 4) is 5.75 Å². The number of hydrogen-bond acceptors (Lipinski definition) is 2. The van der Waals surface area contributed by atoms with Gasteiger partial charge in [0.15, 0.2) is 0 Å². The molecule has 2 aromatic carbocycles. The molecular formula is C25H34OS. The average molecular weight is 383 g/mol. The molecule has 0 saturated carbocycles. The molecule has 0 heterocycles. The van der Waals surface area contributed by atoms with Crippen LogP contribution in [0.4, 0.5) is 0 Å². The normalized spacial score (nSPS) is 13.0. The molecule has 0 aliphatic carbocycles. The van der Waals surface area contributed by atoms with Crippen LogP contribution in [0.2, 0.25) is 0 Å². The van der Waals surface area contributed by atoms with Crippen molar-refractivity contribution >= 4 is 23.6 Å². The highest BCUT2D eigenvalue weighted by Gasteiger charge is 2.25. The summed E-state index contributed by atoms with van der Waals surface area (Å²) in [6.45, 7) is 18.3. The van der Waals surface area contributed by atoms with Gasteiger partial charge < -0.3 is 4.74 Å². The number of hydrogen-bond donors (Lipinski definition) is 1. The van der Waals surface area contributed by atoms with E-state index in [0.717, 1.165) is 21.8 Å². The Morgan fingerprint density at radius 1 is 1.00 bits per heavy atom. The third kappa shape index (κ3) is 5.19. The molecule has 0 aliphatic heterocycles. The van der Waals surface area contributed by atoms with Gasteiger partial charge in [-0.15, -0.1) is 12.6 Å². The van der Waals surface area contributed by atoms with E-state index in [-0.39, 0.29) is 10.8 Å². The predicted molar refractivity (Wildman–Crippen MR) is 123 cm³/mol. The summed E-state index contributed by atoms with van der Waals surface area (Å²) >= 11 is 4.84. The molecule has 0 spiro atoms. The summed E-state index contributed by atoms with van der Waals surface area (Å²) in [5.74, 6) is 0.970. The Labute approximate surface area is 171 Å². The van der Waals surface area contributed by atoms with Crippen molar-refractivity contribution < 1.29 is 4.74 Å². The summed E-state index contributed by atoms with van der Waals surface area (Å²) in [7, 11) is 0. The van der Waals surface area contributed by atoms with Gasteiger partial charge in [0.2, 0.25) is 0 Å². The first-order valence-corrected chi connectivity index (χ1v) is 10.2. The van der Waals surface area contributed by atoms with Crippen molar-refractivity contribution in [3.05, 3.63) is 64.2 Å². The van der Waals surface area contributed by atoms with E-state index in [9.17, 15) is 0 Å². The van der Waals surface area contributed by atoms with Gasteiger partial charge in [0.05, 0.1) is 6.61 Å². The molecule has 2 heteroatoms. The van der Waals surface area contributed by atoms with E-state index in [1.54, 1.807) is 0 Å². The number of aryl methyl sites for hydroxylation is 1. The minimum Gasteiger partial charge on any atom is -0.493 e. The van der Waals surface area contributed by atoms with Crippen LogP contribution in [0, 0.1) is 6.92 Å². The van der Waals surface area contributed by atoms with E-state index < -0.39 is 0 Å². The summed E-state index contributed by atoms with van der Waals surface area (Å²) in [6.07, 6.45) is 2.15. The van der Waals surface area contributed by atoms with Gasteiger partial charge in [0.25, 0.3) is 0 Å². The lowest BCUT2D eigenvalue weighted by molar-refractivity contribution is 0.328. The molecule has 27 heavy (non-hydrogen) atoms. The van der Waals surface area contributed by atoms with E-state index in [0.29, 0.717) is 6.61 Å². The van der Waals surface area contributed by atoms with Crippen molar-refractivity contribution in [1.82, 2.24) is 0 Å². The van der Waals surface area contributed by atoms with Crippen molar-refractivity contribution in [3.63, 3.8) is 0 Å². The minimum atomic E-state index is -0.00617. The fraction of sp³-hybridized carbons (Fsp3) is 0.440. The highest BCUT2D eigenvalue weighted by atomic mass is 32.1. The monoisotopic (exact) mass is 382 g/mol. The standard InChI is InChI=1S/C25H34OS/c1-9-26-23-18(15-22(27)20-13-11-10-12-17(20)2)14-19(24(3,4)5)16-21(23)25(6,7)8/h10-16,27H,9H2,1-8H3/b22-15-. The second kappa shape index (κ2) is 8.14. The van der Waals surface area contributed by atoms with E-state index >= 15 is 0 Å². The van der Waals surface area contributed by atoms with E-state index in [4.69, 9.17) is 17.4 Å². The van der Waals surface area contributed by atoms with Crippen molar-refractivity contribution in [1.29, 1.82) is 0 Å². The highest BCUT2D eigenvalue weighted by molar-refractivity contribution is 7.90. The summed E-state index contributed by atoms with van der Waals surface area (Å²) in [4.78, 5) is 0.958. The highest BCUT2D eigenvalue weighted by Crippen LogP contribution is 2.40. The number of benzene rings is 2.